The van der Waals surface area contributed by atoms with Crippen LogP contribution in [0.25, 0.3) is 0 Å². The van der Waals surface area contributed by atoms with Crippen LogP contribution >= 0.6 is 0 Å². The van der Waals surface area contributed by atoms with Crippen molar-refractivity contribution in [3.63, 3.8) is 0 Å². The fourth-order valence-corrected chi connectivity index (χ4v) is 1.39. The Bertz CT molecular complexity index is 266. The largest absolute Gasteiger partial charge is 0.494 e. The summed E-state index contributed by atoms with van der Waals surface area (Å²) >= 11 is 0. The van der Waals surface area contributed by atoms with Crippen LogP contribution in [-0.4, -0.2) is 6.61 Å². The van der Waals surface area contributed by atoms with Crippen molar-refractivity contribution < 1.29 is 4.74 Å². The average molecular weight is 192 g/mol. The zero-order chi connectivity index (χ0) is 10.4. The van der Waals surface area contributed by atoms with Gasteiger partial charge in [0.1, 0.15) is 5.75 Å². The van der Waals surface area contributed by atoms with Crippen LogP contribution in [0, 0.1) is 12.8 Å². The maximum atomic E-state index is 5.64. The molecule has 0 saturated heterocycles. The molecule has 0 N–H and O–H groups in total. The second-order valence-electron chi connectivity index (χ2n) is 4.20. The lowest BCUT2D eigenvalue weighted by Gasteiger charge is -2.07. The van der Waals surface area contributed by atoms with Crippen LogP contribution in [0.2, 0.25) is 0 Å². The molecule has 78 valence electrons. The molecule has 1 nitrogen and oxygen atoms in total. The standard InChI is InChI=1S/C13H20O/c1-11(2)6-5-9-14-13-8-4-7-12(3)10-13/h4,7-8,10-11H,5-6,9H2,1-3H3. The van der Waals surface area contributed by atoms with Gasteiger partial charge in [0.05, 0.1) is 6.61 Å². The van der Waals surface area contributed by atoms with E-state index in [0.29, 0.717) is 0 Å². The van der Waals surface area contributed by atoms with Crippen LogP contribution in [-0.2, 0) is 0 Å². The van der Waals surface area contributed by atoms with Crippen LogP contribution in [0.15, 0.2) is 24.3 Å². The van der Waals surface area contributed by atoms with E-state index >= 15 is 0 Å². The Hall–Kier alpha value is -0.980. The molecule has 0 aliphatic heterocycles. The summed E-state index contributed by atoms with van der Waals surface area (Å²) in [5.41, 5.74) is 1.26. The number of ether oxygens (including phenoxy) is 1. The maximum absolute atomic E-state index is 5.64. The highest BCUT2D eigenvalue weighted by atomic mass is 16.5. The molecule has 0 spiro atoms. The Kier molecular flexibility index (Phi) is 4.51. The first-order chi connectivity index (χ1) is 6.68. The van der Waals surface area contributed by atoms with Gasteiger partial charge in [-0.05, 0) is 43.4 Å². The van der Waals surface area contributed by atoms with Crippen LogP contribution in [0.1, 0.15) is 32.3 Å². The number of rotatable bonds is 5. The maximum Gasteiger partial charge on any atom is 0.119 e. The molecule has 0 amide bonds. The fourth-order valence-electron chi connectivity index (χ4n) is 1.39. The SMILES string of the molecule is Cc1cccc(OCCCC(C)C)c1. The minimum Gasteiger partial charge on any atom is -0.494 e. The average Bonchev–Trinajstić information content (AvgIpc) is 2.12. The highest BCUT2D eigenvalue weighted by Gasteiger charge is 1.96. The van der Waals surface area contributed by atoms with E-state index in [9.17, 15) is 0 Å². The first-order valence-corrected chi connectivity index (χ1v) is 5.38. The third-order valence-corrected chi connectivity index (χ3v) is 2.18. The van der Waals surface area contributed by atoms with Gasteiger partial charge in [0.25, 0.3) is 0 Å². The van der Waals surface area contributed by atoms with Crippen molar-refractivity contribution >= 4 is 0 Å². The molecule has 0 fully saturated rings. The molecule has 14 heavy (non-hydrogen) atoms. The van der Waals surface area contributed by atoms with E-state index < -0.39 is 0 Å². The van der Waals surface area contributed by atoms with Crippen LogP contribution in [0.4, 0.5) is 0 Å². The van der Waals surface area contributed by atoms with E-state index in [2.05, 4.69) is 32.9 Å². The third kappa shape index (κ3) is 4.31. The summed E-state index contributed by atoms with van der Waals surface area (Å²) in [6.07, 6.45) is 2.39. The summed E-state index contributed by atoms with van der Waals surface area (Å²) < 4.78 is 5.64. The Morgan fingerprint density at radius 3 is 2.71 bits per heavy atom. The first kappa shape index (κ1) is 11.1. The van der Waals surface area contributed by atoms with E-state index in [4.69, 9.17) is 4.74 Å². The molecule has 0 aliphatic rings. The topological polar surface area (TPSA) is 9.23 Å². The predicted octanol–water partition coefficient (Wildman–Crippen LogP) is 3.81. The Balaban J connectivity index is 2.25. The molecule has 0 aliphatic carbocycles. The molecule has 0 unspecified atom stereocenters. The zero-order valence-electron chi connectivity index (χ0n) is 9.42. The molecule has 0 atom stereocenters. The lowest BCUT2D eigenvalue weighted by Crippen LogP contribution is -1.99. The molecule has 0 aromatic heterocycles. The molecule has 1 aromatic rings. The van der Waals surface area contributed by atoms with Crippen LogP contribution in [0.3, 0.4) is 0 Å². The predicted molar refractivity (Wildman–Crippen MR) is 60.7 cm³/mol. The number of benzene rings is 1. The van der Waals surface area contributed by atoms with Crippen molar-refractivity contribution in [2.75, 3.05) is 6.61 Å². The van der Waals surface area contributed by atoms with Crippen molar-refractivity contribution in [3.05, 3.63) is 29.8 Å². The quantitative estimate of drug-likeness (QED) is 0.645. The normalized spacial score (nSPS) is 10.6. The molecule has 0 bridgehead atoms. The third-order valence-electron chi connectivity index (χ3n) is 2.18. The lowest BCUT2D eigenvalue weighted by atomic mass is 10.1. The van der Waals surface area contributed by atoms with Crippen molar-refractivity contribution in [1.29, 1.82) is 0 Å². The molecule has 0 saturated carbocycles. The van der Waals surface area contributed by atoms with Crippen molar-refractivity contribution in [1.82, 2.24) is 0 Å². The van der Waals surface area contributed by atoms with Crippen molar-refractivity contribution in [2.24, 2.45) is 5.92 Å². The van der Waals surface area contributed by atoms with Gasteiger partial charge in [0.15, 0.2) is 0 Å². The monoisotopic (exact) mass is 192 g/mol. The number of hydrogen-bond donors (Lipinski definition) is 0. The van der Waals surface area contributed by atoms with Gasteiger partial charge in [0, 0.05) is 0 Å². The summed E-state index contributed by atoms with van der Waals surface area (Å²) in [5.74, 6) is 1.77. The van der Waals surface area contributed by atoms with E-state index in [0.717, 1.165) is 24.7 Å². The van der Waals surface area contributed by atoms with Gasteiger partial charge < -0.3 is 4.74 Å². The molecule has 0 heterocycles. The smallest absolute Gasteiger partial charge is 0.119 e. The second kappa shape index (κ2) is 5.69. The van der Waals surface area contributed by atoms with Gasteiger partial charge in [-0.2, -0.15) is 0 Å². The lowest BCUT2D eigenvalue weighted by molar-refractivity contribution is 0.297. The van der Waals surface area contributed by atoms with Crippen LogP contribution < -0.4 is 4.74 Å². The van der Waals surface area contributed by atoms with E-state index in [1.165, 1.54) is 12.0 Å². The Morgan fingerprint density at radius 1 is 1.29 bits per heavy atom. The van der Waals surface area contributed by atoms with Crippen molar-refractivity contribution in [2.45, 2.75) is 33.6 Å². The minimum absolute atomic E-state index is 0.774. The van der Waals surface area contributed by atoms with E-state index in [-0.39, 0.29) is 0 Å². The molecule has 1 heteroatoms. The van der Waals surface area contributed by atoms with Gasteiger partial charge in [-0.3, -0.25) is 0 Å². The number of hydrogen-bond acceptors (Lipinski definition) is 1. The summed E-state index contributed by atoms with van der Waals surface area (Å²) in [7, 11) is 0. The summed E-state index contributed by atoms with van der Waals surface area (Å²) in [5, 5.41) is 0. The Labute approximate surface area is 87.1 Å². The molecule has 1 rings (SSSR count). The fraction of sp³-hybridized carbons (Fsp3) is 0.538. The van der Waals surface area contributed by atoms with Gasteiger partial charge >= 0.3 is 0 Å². The van der Waals surface area contributed by atoms with Crippen LogP contribution in [0.5, 0.6) is 5.75 Å². The zero-order valence-corrected chi connectivity index (χ0v) is 9.42. The van der Waals surface area contributed by atoms with Crippen molar-refractivity contribution in [3.8, 4) is 5.75 Å². The molecular formula is C13H20O. The van der Waals surface area contributed by atoms with Gasteiger partial charge in [-0.15, -0.1) is 0 Å². The van der Waals surface area contributed by atoms with E-state index in [1.54, 1.807) is 0 Å². The van der Waals surface area contributed by atoms with Gasteiger partial charge in [-0.25, -0.2) is 0 Å². The van der Waals surface area contributed by atoms with Gasteiger partial charge in [-0.1, -0.05) is 26.0 Å². The summed E-state index contributed by atoms with van der Waals surface area (Å²) in [6.45, 7) is 7.40. The highest BCUT2D eigenvalue weighted by molar-refractivity contribution is 5.27. The molecule has 1 aromatic carbocycles. The van der Waals surface area contributed by atoms with Gasteiger partial charge in [0.2, 0.25) is 0 Å². The summed E-state index contributed by atoms with van der Waals surface area (Å²) in [6, 6.07) is 8.21. The molecule has 0 radical (unpaired) electrons. The molecular weight excluding hydrogens is 172 g/mol. The first-order valence-electron chi connectivity index (χ1n) is 5.38. The highest BCUT2D eigenvalue weighted by Crippen LogP contribution is 2.13. The minimum atomic E-state index is 0.774. The summed E-state index contributed by atoms with van der Waals surface area (Å²) in [4.78, 5) is 0. The number of aryl methyl sites for hydroxylation is 1. The second-order valence-corrected chi connectivity index (χ2v) is 4.20. The van der Waals surface area contributed by atoms with E-state index in [1.807, 2.05) is 12.1 Å². The Morgan fingerprint density at radius 2 is 2.07 bits per heavy atom.